The second-order valence-electron chi connectivity index (χ2n) is 9.65. The summed E-state index contributed by atoms with van der Waals surface area (Å²) in [5, 5.41) is 10.3. The van der Waals surface area contributed by atoms with Crippen molar-refractivity contribution in [3.8, 4) is 11.3 Å². The summed E-state index contributed by atoms with van der Waals surface area (Å²) in [4.78, 5) is 21.9. The average molecular weight is 580 g/mol. The lowest BCUT2D eigenvalue weighted by atomic mass is 10.1. The van der Waals surface area contributed by atoms with Crippen molar-refractivity contribution in [2.45, 2.75) is 32.0 Å². The van der Waals surface area contributed by atoms with E-state index in [1.54, 1.807) is 6.07 Å². The maximum absolute atomic E-state index is 14.7. The lowest BCUT2D eigenvalue weighted by molar-refractivity contribution is -0.192. The fourth-order valence-electron chi connectivity index (χ4n) is 4.54. The number of carboxylic acid groups (broad SMARTS) is 1. The Morgan fingerprint density at radius 1 is 0.976 bits per heavy atom. The molecule has 8 nitrogen and oxygen atoms in total. The number of alkyl halides is 3. The lowest BCUT2D eigenvalue weighted by Crippen LogP contribution is -2.36. The number of likely N-dealkylation sites (tertiary alicyclic amines) is 1. The molecule has 0 atom stereocenters. The van der Waals surface area contributed by atoms with E-state index in [9.17, 15) is 22.0 Å². The summed E-state index contributed by atoms with van der Waals surface area (Å²) in [5.74, 6) is -3.53. The van der Waals surface area contributed by atoms with Crippen molar-refractivity contribution in [1.29, 1.82) is 0 Å². The predicted molar refractivity (Wildman–Crippen MR) is 143 cm³/mol. The highest BCUT2D eigenvalue weighted by atomic mass is 19.4. The van der Waals surface area contributed by atoms with Gasteiger partial charge >= 0.3 is 12.1 Å². The van der Waals surface area contributed by atoms with Gasteiger partial charge in [0.1, 0.15) is 11.5 Å². The maximum Gasteiger partial charge on any atom is 0.490 e. The van der Waals surface area contributed by atoms with Crippen molar-refractivity contribution in [3.63, 3.8) is 0 Å². The molecule has 3 heterocycles. The fraction of sp³-hybridized carbons (Fsp3) is 0.393. The molecule has 2 aromatic carbocycles. The number of aromatic nitrogens is 2. The molecule has 220 valence electrons. The Morgan fingerprint density at radius 3 is 2.27 bits per heavy atom. The van der Waals surface area contributed by atoms with E-state index in [2.05, 4.69) is 32.3 Å². The van der Waals surface area contributed by atoms with Crippen LogP contribution in [0.15, 0.2) is 48.7 Å². The zero-order valence-corrected chi connectivity index (χ0v) is 22.1. The van der Waals surface area contributed by atoms with Crippen molar-refractivity contribution in [1.82, 2.24) is 14.9 Å². The van der Waals surface area contributed by atoms with Gasteiger partial charge in [0, 0.05) is 36.6 Å². The number of nitrogens with zero attached hydrogens (tertiary/aromatic N) is 4. The van der Waals surface area contributed by atoms with E-state index < -0.39 is 23.8 Å². The molecule has 2 aliphatic rings. The van der Waals surface area contributed by atoms with E-state index in [1.165, 1.54) is 37.0 Å². The number of aliphatic carboxylic acids is 1. The van der Waals surface area contributed by atoms with Crippen LogP contribution in [0.2, 0.25) is 0 Å². The summed E-state index contributed by atoms with van der Waals surface area (Å²) < 4.78 is 66.2. The molecule has 13 heteroatoms. The Balaban J connectivity index is 0.000000493. The average Bonchev–Trinajstić information content (AvgIpc) is 2.96. The van der Waals surface area contributed by atoms with Crippen molar-refractivity contribution in [2.24, 2.45) is 0 Å². The topological polar surface area (TPSA) is 90.8 Å². The zero-order chi connectivity index (χ0) is 29.4. The number of piperidine rings is 1. The first-order chi connectivity index (χ1) is 19.6. The fourth-order valence-corrected chi connectivity index (χ4v) is 4.54. The van der Waals surface area contributed by atoms with Gasteiger partial charge in [-0.3, -0.25) is 4.90 Å². The van der Waals surface area contributed by atoms with Crippen LogP contribution in [0, 0.1) is 11.6 Å². The van der Waals surface area contributed by atoms with Gasteiger partial charge in [-0.15, -0.1) is 0 Å². The molecule has 2 saturated heterocycles. The number of anilines is 3. The molecule has 1 aromatic heterocycles. The van der Waals surface area contributed by atoms with Gasteiger partial charge in [0.25, 0.3) is 0 Å². The molecule has 2 aliphatic heterocycles. The van der Waals surface area contributed by atoms with Gasteiger partial charge in [0.15, 0.2) is 5.82 Å². The maximum atomic E-state index is 14.7. The summed E-state index contributed by atoms with van der Waals surface area (Å²) in [6, 6.07) is 12.6. The molecule has 2 N–H and O–H groups in total. The number of carboxylic acids is 1. The van der Waals surface area contributed by atoms with Crippen molar-refractivity contribution in [3.05, 3.63) is 65.9 Å². The SMILES string of the molecule is Fc1cc(-c2nc(Nc3ccc(CN4CCCCC4)cc3)ncc2F)cc(N2CCOCC2)c1.O=C(O)C(F)(F)F. The number of hydrogen-bond acceptors (Lipinski definition) is 7. The van der Waals surface area contributed by atoms with E-state index in [-0.39, 0.29) is 11.6 Å². The summed E-state index contributed by atoms with van der Waals surface area (Å²) in [5.41, 5.74) is 3.20. The predicted octanol–water partition coefficient (Wildman–Crippen LogP) is 5.62. The standard InChI is InChI=1S/C26H29F2N5O.C2HF3O2/c27-21-14-20(15-23(16-21)33-10-12-34-13-11-33)25-24(28)17-29-26(31-25)30-22-6-4-19(5-7-22)18-32-8-2-1-3-9-32;3-2(4,5)1(6)7/h4-7,14-17H,1-3,8-13,18H2,(H,29,30,31);(H,6,7). The third-order valence-electron chi connectivity index (χ3n) is 6.58. The van der Waals surface area contributed by atoms with Gasteiger partial charge < -0.3 is 20.1 Å². The van der Waals surface area contributed by atoms with Crippen molar-refractivity contribution in [2.75, 3.05) is 49.6 Å². The van der Waals surface area contributed by atoms with Gasteiger partial charge in [0.2, 0.25) is 5.95 Å². The number of benzene rings is 2. The molecule has 3 aromatic rings. The van der Waals surface area contributed by atoms with E-state index in [0.29, 0.717) is 37.6 Å². The van der Waals surface area contributed by atoms with Crippen molar-refractivity contribution >= 4 is 23.3 Å². The minimum Gasteiger partial charge on any atom is -0.475 e. The van der Waals surface area contributed by atoms with Crippen LogP contribution in [0.1, 0.15) is 24.8 Å². The molecule has 41 heavy (non-hydrogen) atoms. The largest absolute Gasteiger partial charge is 0.490 e. The molecule has 0 spiro atoms. The Bertz CT molecular complexity index is 1310. The Kier molecular flexibility index (Phi) is 10.1. The first kappa shape index (κ1) is 30.1. The van der Waals surface area contributed by atoms with E-state index in [1.807, 2.05) is 17.0 Å². The first-order valence-electron chi connectivity index (χ1n) is 13.1. The van der Waals surface area contributed by atoms with Gasteiger partial charge in [-0.2, -0.15) is 13.2 Å². The lowest BCUT2D eigenvalue weighted by Gasteiger charge is -2.29. The molecule has 0 bridgehead atoms. The minimum atomic E-state index is -5.08. The number of rotatable bonds is 6. The molecule has 5 rings (SSSR count). The summed E-state index contributed by atoms with van der Waals surface area (Å²) in [6.45, 7) is 5.74. The molecular formula is C28H30F5N5O3. The number of ether oxygens (including phenoxy) is 1. The molecule has 2 fully saturated rings. The number of carbonyl (C=O) groups is 1. The first-order valence-corrected chi connectivity index (χ1v) is 13.1. The molecular weight excluding hydrogens is 549 g/mol. The molecule has 0 radical (unpaired) electrons. The monoisotopic (exact) mass is 579 g/mol. The van der Waals surface area contributed by atoms with Crippen LogP contribution in [0.25, 0.3) is 11.3 Å². The van der Waals surface area contributed by atoms with Crippen LogP contribution in [0.4, 0.5) is 39.3 Å². The molecule has 0 aliphatic carbocycles. The van der Waals surface area contributed by atoms with Gasteiger partial charge in [-0.1, -0.05) is 18.6 Å². The Morgan fingerprint density at radius 2 is 1.63 bits per heavy atom. The molecule has 0 amide bonds. The van der Waals surface area contributed by atoms with Crippen LogP contribution in [-0.4, -0.2) is 71.5 Å². The van der Waals surface area contributed by atoms with Crippen LogP contribution in [-0.2, 0) is 16.1 Å². The van der Waals surface area contributed by atoms with Crippen molar-refractivity contribution < 1.29 is 36.6 Å². The smallest absolute Gasteiger partial charge is 0.475 e. The van der Waals surface area contributed by atoms with Crippen LogP contribution < -0.4 is 10.2 Å². The third-order valence-corrected chi connectivity index (χ3v) is 6.58. The summed E-state index contributed by atoms with van der Waals surface area (Å²) in [7, 11) is 0. The van der Waals surface area contributed by atoms with E-state index >= 15 is 0 Å². The zero-order valence-electron chi connectivity index (χ0n) is 22.1. The third kappa shape index (κ3) is 8.82. The van der Waals surface area contributed by atoms with E-state index in [0.717, 1.165) is 31.5 Å². The molecule has 0 unspecified atom stereocenters. The number of hydrogen-bond donors (Lipinski definition) is 2. The highest BCUT2D eigenvalue weighted by Gasteiger charge is 2.38. The number of halogens is 5. The van der Waals surface area contributed by atoms with Gasteiger partial charge in [-0.25, -0.2) is 23.5 Å². The van der Waals surface area contributed by atoms with E-state index in [4.69, 9.17) is 14.6 Å². The normalized spacial score (nSPS) is 16.1. The second-order valence-corrected chi connectivity index (χ2v) is 9.65. The molecule has 0 saturated carbocycles. The highest BCUT2D eigenvalue weighted by molar-refractivity contribution is 5.73. The summed E-state index contributed by atoms with van der Waals surface area (Å²) >= 11 is 0. The van der Waals surface area contributed by atoms with Gasteiger partial charge in [0.05, 0.1) is 19.4 Å². The number of nitrogens with one attached hydrogen (secondary N) is 1. The quantitative estimate of drug-likeness (QED) is 0.364. The minimum absolute atomic E-state index is 0.0632. The van der Waals surface area contributed by atoms with Crippen LogP contribution in [0.5, 0.6) is 0 Å². The second kappa shape index (κ2) is 13.7. The number of morpholine rings is 1. The van der Waals surface area contributed by atoms with Crippen LogP contribution in [0.3, 0.4) is 0 Å². The summed E-state index contributed by atoms with van der Waals surface area (Å²) in [6.07, 6.45) is -0.107. The Hall–Kier alpha value is -3.84. The van der Waals surface area contributed by atoms with Crippen LogP contribution >= 0.6 is 0 Å². The Labute approximate surface area is 233 Å². The highest BCUT2D eigenvalue weighted by Crippen LogP contribution is 2.29. The van der Waals surface area contributed by atoms with Gasteiger partial charge in [-0.05, 0) is 61.8 Å².